The van der Waals surface area contributed by atoms with Crippen LogP contribution in [0.25, 0.3) is 0 Å². The van der Waals surface area contributed by atoms with Gasteiger partial charge in [-0.25, -0.2) is 4.99 Å². The van der Waals surface area contributed by atoms with Crippen LogP contribution in [0.4, 0.5) is 0 Å². The molecule has 6 heteroatoms. The smallest absolute Gasteiger partial charge is 0.194 e. The third-order valence-electron chi connectivity index (χ3n) is 5.04. The molecule has 1 fully saturated rings. The Morgan fingerprint density at radius 1 is 1.21 bits per heavy atom. The molecule has 1 saturated heterocycles. The maximum atomic E-state index is 9.96. The number of aromatic hydroxyl groups is 1. The molecule has 1 aliphatic rings. The summed E-state index contributed by atoms with van der Waals surface area (Å²) in [5, 5.41) is 13.3. The zero-order valence-electron chi connectivity index (χ0n) is 17.3. The van der Waals surface area contributed by atoms with E-state index in [1.54, 1.807) is 19.2 Å². The molecular formula is C23H31N3O3. The number of nitrogens with zero attached hydrogens (tertiary/aromatic N) is 2. The number of likely N-dealkylation sites (tertiary alicyclic amines) is 1. The van der Waals surface area contributed by atoms with E-state index in [4.69, 9.17) is 14.5 Å². The van der Waals surface area contributed by atoms with Crippen molar-refractivity contribution >= 4 is 5.96 Å². The fraction of sp³-hybridized carbons (Fsp3) is 0.435. The first-order chi connectivity index (χ1) is 14.2. The molecule has 3 rings (SSSR count). The lowest BCUT2D eigenvalue weighted by Gasteiger charge is -2.21. The highest BCUT2D eigenvalue weighted by Gasteiger charge is 2.25. The van der Waals surface area contributed by atoms with Gasteiger partial charge in [0.05, 0.1) is 26.9 Å². The van der Waals surface area contributed by atoms with Gasteiger partial charge < -0.3 is 24.8 Å². The normalized spacial score (nSPS) is 16.8. The summed E-state index contributed by atoms with van der Waals surface area (Å²) in [7, 11) is 1.55. The average Bonchev–Trinajstić information content (AvgIpc) is 3.21. The van der Waals surface area contributed by atoms with Gasteiger partial charge in [-0.3, -0.25) is 0 Å². The molecule has 2 N–H and O–H groups in total. The zero-order valence-corrected chi connectivity index (χ0v) is 17.3. The fourth-order valence-electron chi connectivity index (χ4n) is 3.50. The highest BCUT2D eigenvalue weighted by Crippen LogP contribution is 2.26. The monoisotopic (exact) mass is 397 g/mol. The van der Waals surface area contributed by atoms with Gasteiger partial charge in [-0.15, -0.1) is 0 Å². The summed E-state index contributed by atoms with van der Waals surface area (Å²) in [6.45, 7) is 6.73. The minimum Gasteiger partial charge on any atom is -0.504 e. The minimum atomic E-state index is 0.141. The molecule has 1 unspecified atom stereocenters. The Morgan fingerprint density at radius 2 is 2.03 bits per heavy atom. The molecule has 0 aromatic heterocycles. The van der Waals surface area contributed by atoms with Crippen molar-refractivity contribution < 1.29 is 14.6 Å². The molecule has 2 aromatic carbocycles. The Kier molecular flexibility index (Phi) is 7.76. The van der Waals surface area contributed by atoms with Gasteiger partial charge in [-0.2, -0.15) is 0 Å². The molecule has 0 bridgehead atoms. The lowest BCUT2D eigenvalue weighted by Crippen LogP contribution is -2.40. The SMILES string of the molecule is CCNC(=NCc1ccc(OC)c(O)c1)N1CCC(COCc2ccccc2)C1. The van der Waals surface area contributed by atoms with E-state index in [0.717, 1.165) is 44.2 Å². The van der Waals surface area contributed by atoms with Crippen LogP contribution in [0.2, 0.25) is 0 Å². The van der Waals surface area contributed by atoms with Crippen LogP contribution in [-0.2, 0) is 17.9 Å². The van der Waals surface area contributed by atoms with Crippen molar-refractivity contribution in [3.8, 4) is 11.5 Å². The Morgan fingerprint density at radius 3 is 2.76 bits per heavy atom. The molecule has 1 atom stereocenters. The second-order valence-corrected chi connectivity index (χ2v) is 7.28. The summed E-state index contributed by atoms with van der Waals surface area (Å²) >= 11 is 0. The summed E-state index contributed by atoms with van der Waals surface area (Å²) in [6.07, 6.45) is 1.10. The molecule has 0 saturated carbocycles. The molecule has 0 radical (unpaired) electrons. The summed E-state index contributed by atoms with van der Waals surface area (Å²) in [5.41, 5.74) is 2.15. The van der Waals surface area contributed by atoms with Gasteiger partial charge in [0.25, 0.3) is 0 Å². The lowest BCUT2D eigenvalue weighted by atomic mass is 10.1. The molecule has 1 heterocycles. The first-order valence-corrected chi connectivity index (χ1v) is 10.2. The van der Waals surface area contributed by atoms with E-state index in [0.29, 0.717) is 24.8 Å². The topological polar surface area (TPSA) is 66.3 Å². The summed E-state index contributed by atoms with van der Waals surface area (Å²) in [5.74, 6) is 2.03. The number of methoxy groups -OCH3 is 1. The van der Waals surface area contributed by atoms with E-state index in [9.17, 15) is 5.11 Å². The van der Waals surface area contributed by atoms with E-state index < -0.39 is 0 Å². The van der Waals surface area contributed by atoms with Gasteiger partial charge in [0.15, 0.2) is 17.5 Å². The Bertz CT molecular complexity index is 795. The van der Waals surface area contributed by atoms with E-state index in [2.05, 4.69) is 29.3 Å². The van der Waals surface area contributed by atoms with Crippen molar-refractivity contribution in [2.75, 3.05) is 33.4 Å². The number of guanidine groups is 1. The number of benzene rings is 2. The Labute approximate surface area is 173 Å². The standard InChI is InChI=1S/C23H31N3O3/c1-3-24-23(25-14-19-9-10-22(28-2)21(27)13-19)26-12-11-20(15-26)17-29-16-18-7-5-4-6-8-18/h4-10,13,20,27H,3,11-12,14-17H2,1-2H3,(H,24,25). The van der Waals surface area contributed by atoms with Gasteiger partial charge >= 0.3 is 0 Å². The van der Waals surface area contributed by atoms with Gasteiger partial charge in [0, 0.05) is 25.6 Å². The minimum absolute atomic E-state index is 0.141. The number of aliphatic imine (C=N–C) groups is 1. The third kappa shape index (κ3) is 6.12. The Hall–Kier alpha value is -2.73. The molecule has 0 amide bonds. The highest BCUT2D eigenvalue weighted by atomic mass is 16.5. The highest BCUT2D eigenvalue weighted by molar-refractivity contribution is 5.80. The number of phenols is 1. The second kappa shape index (κ2) is 10.7. The van der Waals surface area contributed by atoms with Crippen molar-refractivity contribution in [1.82, 2.24) is 10.2 Å². The van der Waals surface area contributed by atoms with Crippen LogP contribution in [0.3, 0.4) is 0 Å². The quantitative estimate of drug-likeness (QED) is 0.528. The van der Waals surface area contributed by atoms with Gasteiger partial charge in [0.2, 0.25) is 0 Å². The van der Waals surface area contributed by atoms with Crippen LogP contribution in [0.1, 0.15) is 24.5 Å². The van der Waals surface area contributed by atoms with Crippen LogP contribution >= 0.6 is 0 Å². The van der Waals surface area contributed by atoms with Crippen LogP contribution in [0.15, 0.2) is 53.5 Å². The molecule has 1 aliphatic heterocycles. The molecule has 156 valence electrons. The summed E-state index contributed by atoms with van der Waals surface area (Å²) < 4.78 is 11.0. The van der Waals surface area contributed by atoms with E-state index >= 15 is 0 Å². The summed E-state index contributed by atoms with van der Waals surface area (Å²) in [6, 6.07) is 15.7. The van der Waals surface area contributed by atoms with Crippen molar-refractivity contribution in [2.24, 2.45) is 10.9 Å². The predicted molar refractivity (Wildman–Crippen MR) is 115 cm³/mol. The van der Waals surface area contributed by atoms with Gasteiger partial charge in [-0.1, -0.05) is 36.4 Å². The van der Waals surface area contributed by atoms with Crippen molar-refractivity contribution in [1.29, 1.82) is 0 Å². The number of hydrogen-bond donors (Lipinski definition) is 2. The molecule has 6 nitrogen and oxygen atoms in total. The number of hydrogen-bond acceptors (Lipinski definition) is 4. The van der Waals surface area contributed by atoms with E-state index in [-0.39, 0.29) is 5.75 Å². The number of nitrogens with one attached hydrogen (secondary N) is 1. The fourth-order valence-corrected chi connectivity index (χ4v) is 3.50. The van der Waals surface area contributed by atoms with Crippen molar-refractivity contribution in [2.45, 2.75) is 26.5 Å². The molecule has 0 spiro atoms. The maximum absolute atomic E-state index is 9.96. The van der Waals surface area contributed by atoms with Crippen LogP contribution < -0.4 is 10.1 Å². The predicted octanol–water partition coefficient (Wildman–Crippen LogP) is 3.41. The van der Waals surface area contributed by atoms with E-state index in [1.807, 2.05) is 24.3 Å². The molecule has 0 aliphatic carbocycles. The van der Waals surface area contributed by atoms with Gasteiger partial charge in [-0.05, 0) is 36.6 Å². The Balaban J connectivity index is 1.52. The van der Waals surface area contributed by atoms with Gasteiger partial charge in [0.1, 0.15) is 0 Å². The van der Waals surface area contributed by atoms with Crippen molar-refractivity contribution in [3.05, 3.63) is 59.7 Å². The van der Waals surface area contributed by atoms with Crippen LogP contribution in [0, 0.1) is 5.92 Å². The second-order valence-electron chi connectivity index (χ2n) is 7.28. The maximum Gasteiger partial charge on any atom is 0.194 e. The zero-order chi connectivity index (χ0) is 20.5. The molecule has 2 aromatic rings. The first-order valence-electron chi connectivity index (χ1n) is 10.2. The van der Waals surface area contributed by atoms with Crippen LogP contribution in [0.5, 0.6) is 11.5 Å². The largest absolute Gasteiger partial charge is 0.504 e. The lowest BCUT2D eigenvalue weighted by molar-refractivity contribution is 0.0906. The third-order valence-corrected chi connectivity index (χ3v) is 5.04. The van der Waals surface area contributed by atoms with E-state index in [1.165, 1.54) is 5.56 Å². The molecule has 29 heavy (non-hydrogen) atoms. The first kappa shape index (κ1) is 21.0. The van der Waals surface area contributed by atoms with Crippen molar-refractivity contribution in [3.63, 3.8) is 0 Å². The number of ether oxygens (including phenoxy) is 2. The van der Waals surface area contributed by atoms with Crippen LogP contribution in [-0.4, -0.2) is 49.3 Å². The number of rotatable bonds is 8. The summed E-state index contributed by atoms with van der Waals surface area (Å²) in [4.78, 5) is 7.06. The number of phenolic OH excluding ortho intramolecular Hbond substituents is 1. The molecular weight excluding hydrogens is 366 g/mol. The average molecular weight is 398 g/mol.